The van der Waals surface area contributed by atoms with E-state index in [0.717, 1.165) is 0 Å². The molecule has 3 nitrogen and oxygen atoms in total. The lowest BCUT2D eigenvalue weighted by molar-refractivity contribution is -0.146. The van der Waals surface area contributed by atoms with Crippen molar-refractivity contribution in [3.8, 4) is 0 Å². The van der Waals surface area contributed by atoms with Crippen LogP contribution >= 0.6 is 0 Å². The van der Waals surface area contributed by atoms with Crippen molar-refractivity contribution in [3.05, 3.63) is 35.9 Å². The Balaban J connectivity index is 3.23. The summed E-state index contributed by atoms with van der Waals surface area (Å²) in [5, 5.41) is 7.41. The van der Waals surface area contributed by atoms with E-state index in [0.29, 0.717) is 0 Å². The Bertz CT molecular complexity index is 397. The van der Waals surface area contributed by atoms with Crippen LogP contribution in [-0.4, -0.2) is 23.7 Å². The number of rotatable bonds is 4. The van der Waals surface area contributed by atoms with Gasteiger partial charge in [0, 0.05) is 9.11 Å². The zero-order valence-electron chi connectivity index (χ0n) is 11.1. The molecule has 0 radical (unpaired) electrons. The summed E-state index contributed by atoms with van der Waals surface area (Å²) in [6, 6.07) is 7.36. The van der Waals surface area contributed by atoms with Crippen molar-refractivity contribution in [3.63, 3.8) is 0 Å². The number of benzene rings is 1. The van der Waals surface area contributed by atoms with E-state index in [2.05, 4.69) is 10.2 Å². The Hall–Kier alpha value is -1.35. The van der Waals surface area contributed by atoms with E-state index < -0.39 is 18.4 Å². The molecule has 0 heterocycles. The fraction of sp³-hybridized carbons (Fsp3) is 0.222. The lowest BCUT2D eigenvalue weighted by Gasteiger charge is -2.03. The summed E-state index contributed by atoms with van der Waals surface area (Å²) in [6.07, 6.45) is -5.57. The molecule has 0 saturated carbocycles. The highest BCUT2D eigenvalue weighted by atomic mass is 16.4. The SMILES string of the molecule is [2H]OC(=O)C([2H])(O[2H])C([2H])([2H])c1ccccc1. The number of carboxylic acid groups (broad SMARTS) is 1. The van der Waals surface area contributed by atoms with E-state index in [1.54, 1.807) is 6.07 Å². The molecule has 1 rings (SSSR count). The molecule has 0 bridgehead atoms. The molecule has 1 aromatic rings. The molecule has 64 valence electrons. The Morgan fingerprint density at radius 1 is 1.67 bits per heavy atom. The summed E-state index contributed by atoms with van der Waals surface area (Å²) in [5.41, 5.74) is -0.0207. The third-order valence-electron chi connectivity index (χ3n) is 1.22. The van der Waals surface area contributed by atoms with Gasteiger partial charge in [0.2, 0.25) is 1.43 Å². The highest BCUT2D eigenvalue weighted by molar-refractivity contribution is 5.72. The first-order chi connectivity index (χ1) is 7.90. The Kier molecular flexibility index (Phi) is 1.31. The summed E-state index contributed by atoms with van der Waals surface area (Å²) in [5.74, 6) is -1.60. The molecular weight excluding hydrogens is 156 g/mol. The fourth-order valence-corrected chi connectivity index (χ4v) is 0.704. The van der Waals surface area contributed by atoms with Crippen LogP contribution in [0.1, 0.15) is 9.68 Å². The first-order valence-corrected chi connectivity index (χ1v) is 3.27. The molecule has 1 atom stereocenters. The van der Waals surface area contributed by atoms with Gasteiger partial charge in [-0.3, -0.25) is 0 Å². The van der Waals surface area contributed by atoms with E-state index >= 15 is 0 Å². The topological polar surface area (TPSA) is 57.5 Å². The quantitative estimate of drug-likeness (QED) is 0.700. The molecule has 0 spiro atoms. The number of carboxylic acids is 1. The van der Waals surface area contributed by atoms with Gasteiger partial charge >= 0.3 is 5.97 Å². The van der Waals surface area contributed by atoms with Gasteiger partial charge in [0.25, 0.3) is 1.43 Å². The molecule has 0 fully saturated rings. The Labute approximate surface area is 77.5 Å². The smallest absolute Gasteiger partial charge is 0.332 e. The molecule has 0 aliphatic carbocycles. The van der Waals surface area contributed by atoms with Crippen LogP contribution in [0.4, 0.5) is 0 Å². The number of aliphatic carboxylic acids is 1. The number of carbonyl (C=O) groups is 1. The van der Waals surface area contributed by atoms with Gasteiger partial charge in [-0.1, -0.05) is 30.3 Å². The van der Waals surface area contributed by atoms with E-state index in [1.807, 2.05) is 0 Å². The van der Waals surface area contributed by atoms with Crippen LogP contribution in [-0.2, 0) is 11.2 Å². The predicted octanol–water partition coefficient (Wildman–Crippen LogP) is 0.675. The second-order valence-corrected chi connectivity index (χ2v) is 2.11. The van der Waals surface area contributed by atoms with Gasteiger partial charge in [-0.2, -0.15) is 0 Å². The van der Waals surface area contributed by atoms with Gasteiger partial charge in [-0.05, 0) is 5.56 Å². The Morgan fingerprint density at radius 2 is 2.42 bits per heavy atom. The molecule has 12 heavy (non-hydrogen) atoms. The molecular formula is C9H10O3. The number of hydrogen-bond donors (Lipinski definition) is 2. The van der Waals surface area contributed by atoms with Gasteiger partial charge in [0.1, 0.15) is 0 Å². The van der Waals surface area contributed by atoms with Crippen molar-refractivity contribution in [2.24, 2.45) is 0 Å². The third-order valence-corrected chi connectivity index (χ3v) is 1.22. The summed E-state index contributed by atoms with van der Waals surface area (Å²) in [6.45, 7) is 0. The maximum Gasteiger partial charge on any atom is 0.332 e. The zero-order chi connectivity index (χ0) is 13.1. The minimum atomic E-state index is -2.95. The largest absolute Gasteiger partial charge is 0.479 e. The molecule has 0 amide bonds. The number of aliphatic hydroxyl groups is 1. The summed E-state index contributed by atoms with van der Waals surface area (Å²) in [4.78, 5) is 11.2. The van der Waals surface area contributed by atoms with Crippen LogP contribution in [0.15, 0.2) is 30.3 Å². The molecule has 1 unspecified atom stereocenters. The summed E-state index contributed by atoms with van der Waals surface area (Å²) < 4.78 is 36.0. The van der Waals surface area contributed by atoms with Crippen LogP contribution in [0.25, 0.3) is 1.43 Å². The highest BCUT2D eigenvalue weighted by Crippen LogP contribution is 2.02. The summed E-state index contributed by atoms with van der Waals surface area (Å²) >= 11 is 0. The standard InChI is InChI=1S/C9H10O3/c10-8(9(11)12)6-7-4-2-1-3-5-7/h1-5,8,10H,6H2,(H,11,12)/i6D2,8D,10D/hD. The highest BCUT2D eigenvalue weighted by Gasteiger charge is 2.12. The van der Waals surface area contributed by atoms with Gasteiger partial charge in [-0.15, -0.1) is 0 Å². The van der Waals surface area contributed by atoms with Gasteiger partial charge in [0.15, 0.2) is 6.08 Å². The van der Waals surface area contributed by atoms with E-state index in [4.69, 9.17) is 6.97 Å². The molecule has 0 aliphatic heterocycles. The Morgan fingerprint density at radius 3 is 3.00 bits per heavy atom. The van der Waals surface area contributed by atoms with E-state index in [-0.39, 0.29) is 5.56 Å². The molecule has 0 saturated heterocycles. The predicted molar refractivity (Wildman–Crippen MR) is 43.8 cm³/mol. The van der Waals surface area contributed by atoms with Crippen molar-refractivity contribution in [2.75, 3.05) is 0 Å². The molecule has 1 aromatic carbocycles. The van der Waals surface area contributed by atoms with Crippen LogP contribution in [0.2, 0.25) is 0 Å². The van der Waals surface area contributed by atoms with Crippen LogP contribution < -0.4 is 0 Å². The van der Waals surface area contributed by atoms with Crippen LogP contribution in [0.3, 0.4) is 0 Å². The van der Waals surface area contributed by atoms with Crippen molar-refractivity contribution in [2.45, 2.75) is 12.5 Å². The van der Waals surface area contributed by atoms with Gasteiger partial charge in [-0.25, -0.2) is 4.79 Å². The average molecular weight is 171 g/mol. The third kappa shape index (κ3) is 2.36. The second kappa shape index (κ2) is 3.88. The molecule has 0 aromatic heterocycles. The van der Waals surface area contributed by atoms with Gasteiger partial charge < -0.3 is 10.2 Å². The van der Waals surface area contributed by atoms with Crippen molar-refractivity contribution >= 4 is 5.97 Å². The number of hydrogen-bond acceptors (Lipinski definition) is 3. The maximum absolute atomic E-state index is 11.2. The second-order valence-electron chi connectivity index (χ2n) is 2.11. The maximum atomic E-state index is 11.2. The monoisotopic (exact) mass is 171 g/mol. The first kappa shape index (κ1) is 4.05. The zero-order valence-corrected chi connectivity index (χ0v) is 6.11. The lowest BCUT2D eigenvalue weighted by atomic mass is 10.1. The van der Waals surface area contributed by atoms with Crippen molar-refractivity contribution < 1.29 is 19.1 Å². The van der Waals surface area contributed by atoms with Crippen LogP contribution in [0, 0.1) is 0 Å². The average Bonchev–Trinajstić information content (AvgIpc) is 2.37. The lowest BCUT2D eigenvalue weighted by Crippen LogP contribution is -2.21. The van der Waals surface area contributed by atoms with Gasteiger partial charge in [0.05, 0.1) is 1.37 Å². The van der Waals surface area contributed by atoms with Crippen molar-refractivity contribution in [1.29, 1.82) is 2.86 Å². The molecule has 0 aliphatic rings. The minimum Gasteiger partial charge on any atom is -0.479 e. The molecule has 2 N–H and O–H groups in total. The normalized spacial score (nSPS) is 21.8. The molecule has 3 heteroatoms. The first-order valence-electron chi connectivity index (χ1n) is 5.59. The minimum absolute atomic E-state index is 0.0207. The summed E-state index contributed by atoms with van der Waals surface area (Å²) in [7, 11) is 0. The van der Waals surface area contributed by atoms with Crippen LogP contribution in [0.5, 0.6) is 0 Å². The van der Waals surface area contributed by atoms with E-state index in [9.17, 15) is 4.79 Å². The van der Waals surface area contributed by atoms with E-state index in [1.165, 1.54) is 24.3 Å². The van der Waals surface area contributed by atoms with Crippen molar-refractivity contribution in [1.82, 2.24) is 0 Å². The fourth-order valence-electron chi connectivity index (χ4n) is 0.704.